The molecule has 0 amide bonds. The van der Waals surface area contributed by atoms with Gasteiger partial charge in [-0.1, -0.05) is 0 Å². The molecule has 0 fully saturated rings. The van der Waals surface area contributed by atoms with E-state index < -0.39 is 10.0 Å². The summed E-state index contributed by atoms with van der Waals surface area (Å²) in [6.45, 7) is 8.28. The quantitative estimate of drug-likeness (QED) is 0.658. The van der Waals surface area contributed by atoms with Crippen molar-refractivity contribution in [3.05, 3.63) is 0 Å². The zero-order valence-electron chi connectivity index (χ0n) is 9.41. The molecule has 1 N–H and O–H groups in total. The van der Waals surface area contributed by atoms with Crippen molar-refractivity contribution in [2.24, 2.45) is 0 Å². The van der Waals surface area contributed by atoms with Crippen molar-refractivity contribution in [3.8, 4) is 0 Å². The van der Waals surface area contributed by atoms with Crippen LogP contribution in [0.5, 0.6) is 0 Å². The van der Waals surface area contributed by atoms with Crippen LogP contribution in [-0.4, -0.2) is 32.9 Å². The van der Waals surface area contributed by atoms with E-state index in [4.69, 9.17) is 4.74 Å². The monoisotopic (exact) mass is 223 g/mol. The maximum Gasteiger partial charge on any atom is 0.213 e. The molecule has 86 valence electrons. The lowest BCUT2D eigenvalue weighted by molar-refractivity contribution is 0.0778. The average molecular weight is 223 g/mol. The molecule has 0 bridgehead atoms. The molecule has 0 aromatic heterocycles. The second-order valence-electron chi connectivity index (χ2n) is 3.76. The van der Waals surface area contributed by atoms with Gasteiger partial charge in [0.05, 0.1) is 11.4 Å². The van der Waals surface area contributed by atoms with E-state index in [1.165, 1.54) is 0 Å². The third-order valence-corrected chi connectivity index (χ3v) is 3.54. The lowest BCUT2D eigenvalue weighted by atomic mass is 10.4. The van der Waals surface area contributed by atoms with Gasteiger partial charge in [0.25, 0.3) is 0 Å². The van der Waals surface area contributed by atoms with Crippen LogP contribution in [-0.2, 0) is 14.8 Å². The molecule has 0 aromatic carbocycles. The van der Waals surface area contributed by atoms with Crippen LogP contribution in [0, 0.1) is 0 Å². The molecule has 0 aliphatic heterocycles. The summed E-state index contributed by atoms with van der Waals surface area (Å²) in [5, 5.41) is -0.367. The summed E-state index contributed by atoms with van der Waals surface area (Å²) < 4.78 is 30.4. The molecule has 0 saturated heterocycles. The fourth-order valence-corrected chi connectivity index (χ4v) is 1.53. The van der Waals surface area contributed by atoms with Crippen molar-refractivity contribution < 1.29 is 13.2 Å². The summed E-state index contributed by atoms with van der Waals surface area (Å²) in [5.74, 6) is 0. The Morgan fingerprint density at radius 1 is 1.21 bits per heavy atom. The molecule has 5 heteroatoms. The van der Waals surface area contributed by atoms with Gasteiger partial charge in [0.2, 0.25) is 10.0 Å². The summed E-state index contributed by atoms with van der Waals surface area (Å²) in [6, 6.07) is 0. The van der Waals surface area contributed by atoms with E-state index in [2.05, 4.69) is 4.72 Å². The van der Waals surface area contributed by atoms with Crippen molar-refractivity contribution in [2.75, 3.05) is 13.2 Å². The highest BCUT2D eigenvalue weighted by Gasteiger charge is 2.13. The van der Waals surface area contributed by atoms with Crippen LogP contribution in [0.1, 0.15) is 34.1 Å². The fourth-order valence-electron chi connectivity index (χ4n) is 0.772. The van der Waals surface area contributed by atoms with E-state index in [0.29, 0.717) is 19.6 Å². The third-order valence-electron chi connectivity index (χ3n) is 1.70. The second kappa shape index (κ2) is 6.37. The summed E-state index contributed by atoms with van der Waals surface area (Å²) in [5.41, 5.74) is 0. The van der Waals surface area contributed by atoms with Crippen LogP contribution in [0.15, 0.2) is 0 Å². The van der Waals surface area contributed by atoms with Crippen LogP contribution in [0.2, 0.25) is 0 Å². The molecule has 0 aliphatic rings. The van der Waals surface area contributed by atoms with Gasteiger partial charge >= 0.3 is 0 Å². The number of rotatable bonds is 7. The molecule has 14 heavy (non-hydrogen) atoms. The number of sulfonamides is 1. The van der Waals surface area contributed by atoms with Gasteiger partial charge in [-0.15, -0.1) is 0 Å². The highest BCUT2D eigenvalue weighted by atomic mass is 32.2. The van der Waals surface area contributed by atoms with Crippen molar-refractivity contribution in [1.82, 2.24) is 4.72 Å². The van der Waals surface area contributed by atoms with Crippen LogP contribution < -0.4 is 4.72 Å². The van der Waals surface area contributed by atoms with Gasteiger partial charge in [0.15, 0.2) is 0 Å². The molecule has 0 aromatic rings. The number of hydrogen-bond acceptors (Lipinski definition) is 3. The van der Waals surface area contributed by atoms with Gasteiger partial charge in [-0.05, 0) is 34.1 Å². The Labute approximate surface area is 87.1 Å². The van der Waals surface area contributed by atoms with Crippen molar-refractivity contribution in [1.29, 1.82) is 0 Å². The van der Waals surface area contributed by atoms with Crippen LogP contribution in [0.4, 0.5) is 0 Å². The van der Waals surface area contributed by atoms with E-state index in [1.54, 1.807) is 13.8 Å². The van der Waals surface area contributed by atoms with Crippen molar-refractivity contribution >= 4 is 10.0 Å². The summed E-state index contributed by atoms with van der Waals surface area (Å²) >= 11 is 0. The minimum absolute atomic E-state index is 0.205. The Kier molecular flexibility index (Phi) is 6.31. The number of ether oxygens (including phenoxy) is 1. The average Bonchev–Trinajstić information content (AvgIpc) is 2.02. The highest BCUT2D eigenvalue weighted by molar-refractivity contribution is 7.90. The molecule has 0 heterocycles. The Bertz CT molecular complexity index is 234. The summed E-state index contributed by atoms with van der Waals surface area (Å²) in [7, 11) is -3.10. The molecular formula is C9H21NO3S. The Morgan fingerprint density at radius 3 is 2.21 bits per heavy atom. The molecule has 0 rings (SSSR count). The van der Waals surface area contributed by atoms with Gasteiger partial charge in [0.1, 0.15) is 0 Å². The van der Waals surface area contributed by atoms with E-state index in [1.807, 2.05) is 13.8 Å². The van der Waals surface area contributed by atoms with Crippen LogP contribution in [0.3, 0.4) is 0 Å². The molecule has 0 atom stereocenters. The molecule has 0 spiro atoms. The lowest BCUT2D eigenvalue weighted by Crippen LogP contribution is -2.32. The summed E-state index contributed by atoms with van der Waals surface area (Å²) in [6.07, 6.45) is 0.918. The SMILES string of the molecule is CC(C)OCCCNS(=O)(=O)C(C)C. The Balaban J connectivity index is 3.55. The van der Waals surface area contributed by atoms with Crippen molar-refractivity contribution in [2.45, 2.75) is 45.5 Å². The standard InChI is InChI=1S/C9H21NO3S/c1-8(2)13-7-5-6-10-14(11,12)9(3)4/h8-10H,5-7H2,1-4H3. The van der Waals surface area contributed by atoms with Crippen molar-refractivity contribution in [3.63, 3.8) is 0 Å². The van der Waals surface area contributed by atoms with E-state index in [9.17, 15) is 8.42 Å². The van der Waals surface area contributed by atoms with E-state index >= 15 is 0 Å². The minimum Gasteiger partial charge on any atom is -0.379 e. The summed E-state index contributed by atoms with van der Waals surface area (Å²) in [4.78, 5) is 0. The third kappa shape index (κ3) is 6.34. The van der Waals surface area contributed by atoms with Crippen LogP contribution in [0.25, 0.3) is 0 Å². The first-order valence-electron chi connectivity index (χ1n) is 4.96. The van der Waals surface area contributed by atoms with E-state index in [-0.39, 0.29) is 11.4 Å². The normalized spacial score (nSPS) is 12.7. The highest BCUT2D eigenvalue weighted by Crippen LogP contribution is 1.96. The van der Waals surface area contributed by atoms with E-state index in [0.717, 1.165) is 0 Å². The maximum atomic E-state index is 11.3. The molecule has 0 unspecified atom stereocenters. The molecule has 0 radical (unpaired) electrons. The number of nitrogens with one attached hydrogen (secondary N) is 1. The predicted molar refractivity (Wildman–Crippen MR) is 57.8 cm³/mol. The van der Waals surface area contributed by atoms with Gasteiger partial charge in [-0.2, -0.15) is 0 Å². The van der Waals surface area contributed by atoms with Gasteiger partial charge in [-0.3, -0.25) is 0 Å². The fraction of sp³-hybridized carbons (Fsp3) is 1.00. The Hall–Kier alpha value is -0.130. The smallest absolute Gasteiger partial charge is 0.213 e. The molecule has 0 saturated carbocycles. The van der Waals surface area contributed by atoms with Gasteiger partial charge in [-0.25, -0.2) is 13.1 Å². The second-order valence-corrected chi connectivity index (χ2v) is 6.08. The maximum absolute atomic E-state index is 11.3. The molecule has 0 aliphatic carbocycles. The number of hydrogen-bond donors (Lipinski definition) is 1. The zero-order chi connectivity index (χ0) is 11.2. The first-order chi connectivity index (χ1) is 6.36. The first-order valence-corrected chi connectivity index (χ1v) is 6.51. The minimum atomic E-state index is -3.10. The topological polar surface area (TPSA) is 55.4 Å². The predicted octanol–water partition coefficient (Wildman–Crippen LogP) is 1.13. The largest absolute Gasteiger partial charge is 0.379 e. The lowest BCUT2D eigenvalue weighted by Gasteiger charge is -2.10. The Morgan fingerprint density at radius 2 is 1.79 bits per heavy atom. The van der Waals surface area contributed by atoms with Gasteiger partial charge < -0.3 is 4.74 Å². The first kappa shape index (κ1) is 13.9. The molecular weight excluding hydrogens is 202 g/mol. The van der Waals surface area contributed by atoms with Crippen LogP contribution >= 0.6 is 0 Å². The van der Waals surface area contributed by atoms with Gasteiger partial charge in [0, 0.05) is 13.2 Å². The molecule has 4 nitrogen and oxygen atoms in total. The zero-order valence-corrected chi connectivity index (χ0v) is 10.2.